The van der Waals surface area contributed by atoms with Crippen LogP contribution in [0.2, 0.25) is 0 Å². The molecule has 0 aliphatic carbocycles. The van der Waals surface area contributed by atoms with Crippen LogP contribution >= 0.6 is 15.9 Å². The normalized spacial score (nSPS) is 24.5. The van der Waals surface area contributed by atoms with E-state index in [0.717, 1.165) is 38.8 Å². The summed E-state index contributed by atoms with van der Waals surface area (Å²) < 4.78 is 27.7. The van der Waals surface area contributed by atoms with Crippen LogP contribution < -0.4 is 9.64 Å². The number of carbonyl (C=O) groups is 1. The molecule has 1 amide bonds. The average Bonchev–Trinajstić information content (AvgIpc) is 3.42. The summed E-state index contributed by atoms with van der Waals surface area (Å²) in [6.07, 6.45) is 3.17. The zero-order valence-electron chi connectivity index (χ0n) is 22.8. The van der Waals surface area contributed by atoms with Crippen molar-refractivity contribution in [2.24, 2.45) is 0 Å². The molecule has 2 bridgehead atoms. The molecule has 4 aliphatic heterocycles. The van der Waals surface area contributed by atoms with Crippen LogP contribution in [-0.2, 0) is 4.74 Å². The van der Waals surface area contributed by atoms with Crippen LogP contribution in [0.5, 0.6) is 6.01 Å². The summed E-state index contributed by atoms with van der Waals surface area (Å²) in [5.74, 6) is 0.183. The lowest BCUT2D eigenvalue weighted by molar-refractivity contribution is 0.0122. The number of halogens is 2. The molecule has 0 spiro atoms. The molecule has 0 saturated carbocycles. The molecule has 2 aromatic rings. The molecule has 0 N–H and O–H groups in total. The van der Waals surface area contributed by atoms with E-state index in [-0.39, 0.29) is 35.2 Å². The molecular formula is C29H35BrFN5O3. The molecule has 208 valence electrons. The van der Waals surface area contributed by atoms with E-state index in [1.165, 1.54) is 11.1 Å². The lowest BCUT2D eigenvalue weighted by Crippen LogP contribution is -2.57. The van der Waals surface area contributed by atoms with Gasteiger partial charge in [0.1, 0.15) is 23.5 Å². The molecular weight excluding hydrogens is 565 g/mol. The van der Waals surface area contributed by atoms with Crippen molar-refractivity contribution in [2.45, 2.75) is 69.7 Å². The first kappa shape index (κ1) is 26.5. The number of rotatable bonds is 4. The fourth-order valence-corrected chi connectivity index (χ4v) is 7.07. The standard InChI is InChI=1S/C29H35BrFN5O3/c1-17-10-29(11-18(2)13-35(29)12-17)16-38-26-32-24-21(8-9-22(30)23(24)31)25(33-26)34-14-19-6-7-20(15-34)36(19)27(37)39-28(3,4)5/h8-9,19-20H,1-2,6-7,10-16H2,3-5H3/t19-,20+. The molecule has 10 heteroatoms. The molecule has 5 heterocycles. The fraction of sp³-hybridized carbons (Fsp3) is 0.552. The lowest BCUT2D eigenvalue weighted by atomic mass is 9.92. The number of ether oxygens (including phenoxy) is 2. The van der Waals surface area contributed by atoms with Crippen LogP contribution in [0, 0.1) is 5.82 Å². The smallest absolute Gasteiger partial charge is 0.410 e. The molecule has 39 heavy (non-hydrogen) atoms. The zero-order valence-corrected chi connectivity index (χ0v) is 24.4. The van der Waals surface area contributed by atoms with Gasteiger partial charge in [0.25, 0.3) is 0 Å². The molecule has 2 atom stereocenters. The predicted octanol–water partition coefficient (Wildman–Crippen LogP) is 5.46. The largest absolute Gasteiger partial charge is 0.461 e. The van der Waals surface area contributed by atoms with Crippen LogP contribution in [0.15, 0.2) is 40.9 Å². The highest BCUT2D eigenvalue weighted by atomic mass is 79.9. The van der Waals surface area contributed by atoms with Gasteiger partial charge in [-0.2, -0.15) is 9.97 Å². The van der Waals surface area contributed by atoms with Gasteiger partial charge in [0.2, 0.25) is 0 Å². The number of piperazine rings is 1. The summed E-state index contributed by atoms with van der Waals surface area (Å²) >= 11 is 3.31. The Morgan fingerprint density at radius 1 is 1.13 bits per heavy atom. The topological polar surface area (TPSA) is 71.0 Å². The van der Waals surface area contributed by atoms with Gasteiger partial charge in [0.05, 0.1) is 22.1 Å². The number of fused-ring (bicyclic) bond motifs is 4. The minimum atomic E-state index is -0.555. The van der Waals surface area contributed by atoms with Crippen LogP contribution in [0.25, 0.3) is 10.9 Å². The molecule has 0 radical (unpaired) electrons. The lowest BCUT2D eigenvalue weighted by Gasteiger charge is -2.42. The third-order valence-corrected chi connectivity index (χ3v) is 8.85. The number of anilines is 1. The molecule has 1 aromatic carbocycles. The van der Waals surface area contributed by atoms with E-state index in [9.17, 15) is 4.79 Å². The highest BCUT2D eigenvalue weighted by Gasteiger charge is 2.48. The Bertz CT molecular complexity index is 1340. The highest BCUT2D eigenvalue weighted by molar-refractivity contribution is 9.10. The minimum Gasteiger partial charge on any atom is -0.461 e. The Morgan fingerprint density at radius 2 is 1.77 bits per heavy atom. The molecule has 4 aliphatic rings. The first-order valence-corrected chi connectivity index (χ1v) is 14.3. The van der Waals surface area contributed by atoms with Crippen molar-refractivity contribution in [3.63, 3.8) is 0 Å². The number of carbonyl (C=O) groups excluding carboxylic acids is 1. The van der Waals surface area contributed by atoms with Gasteiger partial charge < -0.3 is 14.4 Å². The van der Waals surface area contributed by atoms with E-state index in [2.05, 4.69) is 43.9 Å². The number of benzene rings is 1. The van der Waals surface area contributed by atoms with Crippen LogP contribution in [0.1, 0.15) is 46.5 Å². The van der Waals surface area contributed by atoms with E-state index < -0.39 is 11.4 Å². The van der Waals surface area contributed by atoms with Gasteiger partial charge in [-0.05, 0) is 74.5 Å². The number of nitrogens with zero attached hydrogens (tertiary/aromatic N) is 5. The summed E-state index contributed by atoms with van der Waals surface area (Å²) in [5, 5.41) is 0.622. The third kappa shape index (κ3) is 4.79. The monoisotopic (exact) mass is 599 g/mol. The van der Waals surface area contributed by atoms with Crippen LogP contribution in [0.4, 0.5) is 15.0 Å². The number of aromatic nitrogens is 2. The first-order valence-electron chi connectivity index (χ1n) is 13.6. The number of amides is 1. The maximum atomic E-state index is 15.4. The van der Waals surface area contributed by atoms with Gasteiger partial charge in [0, 0.05) is 31.6 Å². The summed E-state index contributed by atoms with van der Waals surface area (Å²) in [6, 6.07) is 3.67. The molecule has 0 unspecified atom stereocenters. The Labute approximate surface area is 237 Å². The minimum absolute atomic E-state index is 0.00488. The summed E-state index contributed by atoms with van der Waals surface area (Å²) in [5.41, 5.74) is 1.81. The second-order valence-electron chi connectivity index (χ2n) is 12.5. The average molecular weight is 601 g/mol. The number of hydrogen-bond donors (Lipinski definition) is 0. The Kier molecular flexibility index (Phi) is 6.41. The fourth-order valence-electron chi connectivity index (χ4n) is 6.75. The van der Waals surface area contributed by atoms with E-state index in [0.29, 0.717) is 35.4 Å². The van der Waals surface area contributed by atoms with Crippen molar-refractivity contribution in [3.05, 3.63) is 46.7 Å². The van der Waals surface area contributed by atoms with Gasteiger partial charge in [0.15, 0.2) is 5.82 Å². The SMILES string of the molecule is C=C1CN2CC(=C)CC2(COc2nc(N3C[C@H]4CC[C@@H](C3)N4C(=O)OC(C)(C)C)c3ccc(Br)c(F)c3n2)C1. The Morgan fingerprint density at radius 3 is 2.38 bits per heavy atom. The van der Waals surface area contributed by atoms with Gasteiger partial charge in [-0.25, -0.2) is 9.18 Å². The van der Waals surface area contributed by atoms with Gasteiger partial charge in [-0.15, -0.1) is 0 Å². The number of hydrogen-bond acceptors (Lipinski definition) is 7. The summed E-state index contributed by atoms with van der Waals surface area (Å²) in [7, 11) is 0. The quantitative estimate of drug-likeness (QED) is 0.432. The highest BCUT2D eigenvalue weighted by Crippen LogP contribution is 2.43. The van der Waals surface area contributed by atoms with Gasteiger partial charge in [-0.1, -0.05) is 24.3 Å². The van der Waals surface area contributed by atoms with E-state index in [1.807, 2.05) is 31.7 Å². The second kappa shape index (κ2) is 9.44. The first-order chi connectivity index (χ1) is 18.4. The Balaban J connectivity index is 1.30. The van der Waals surface area contributed by atoms with E-state index in [1.54, 1.807) is 6.07 Å². The van der Waals surface area contributed by atoms with Crippen LogP contribution in [0.3, 0.4) is 0 Å². The van der Waals surface area contributed by atoms with Gasteiger partial charge in [-0.3, -0.25) is 9.80 Å². The van der Waals surface area contributed by atoms with Crippen molar-refractivity contribution in [1.29, 1.82) is 0 Å². The van der Waals surface area contributed by atoms with E-state index in [4.69, 9.17) is 14.5 Å². The maximum absolute atomic E-state index is 15.4. The molecule has 8 nitrogen and oxygen atoms in total. The van der Waals surface area contributed by atoms with Crippen LogP contribution in [-0.4, -0.2) is 81.9 Å². The summed E-state index contributed by atoms with van der Waals surface area (Å²) in [6.45, 7) is 17.2. The Hall–Kier alpha value is -2.72. The summed E-state index contributed by atoms with van der Waals surface area (Å²) in [4.78, 5) is 28.7. The third-order valence-electron chi connectivity index (χ3n) is 8.23. The van der Waals surface area contributed by atoms with E-state index >= 15 is 4.39 Å². The molecule has 4 saturated heterocycles. The molecule has 6 rings (SSSR count). The predicted molar refractivity (Wildman–Crippen MR) is 152 cm³/mol. The maximum Gasteiger partial charge on any atom is 0.410 e. The second-order valence-corrected chi connectivity index (χ2v) is 13.3. The zero-order chi connectivity index (χ0) is 27.7. The van der Waals surface area contributed by atoms with Crippen molar-refractivity contribution >= 4 is 38.7 Å². The van der Waals surface area contributed by atoms with Crippen molar-refractivity contribution in [3.8, 4) is 6.01 Å². The van der Waals surface area contributed by atoms with Crippen molar-refractivity contribution in [2.75, 3.05) is 37.7 Å². The van der Waals surface area contributed by atoms with Crippen molar-refractivity contribution in [1.82, 2.24) is 19.8 Å². The molecule has 4 fully saturated rings. The van der Waals surface area contributed by atoms with Gasteiger partial charge >= 0.3 is 12.1 Å². The molecule has 1 aromatic heterocycles. The van der Waals surface area contributed by atoms with Crippen molar-refractivity contribution < 1.29 is 18.7 Å².